The van der Waals surface area contributed by atoms with Gasteiger partial charge in [0.05, 0.1) is 0 Å². The van der Waals surface area contributed by atoms with Gasteiger partial charge in [-0.3, -0.25) is 4.79 Å². The summed E-state index contributed by atoms with van der Waals surface area (Å²) >= 11 is 0. The molecular formula is C21H24N2O3. The number of carbonyl (C=O) groups is 2. The molecule has 1 fully saturated rings. The van der Waals surface area contributed by atoms with E-state index in [1.165, 1.54) is 0 Å². The highest BCUT2D eigenvalue weighted by atomic mass is 16.6. The van der Waals surface area contributed by atoms with Gasteiger partial charge in [-0.15, -0.1) is 0 Å². The van der Waals surface area contributed by atoms with E-state index in [4.69, 9.17) is 4.74 Å². The molecule has 0 atom stereocenters. The minimum Gasteiger partial charge on any atom is -0.410 e. The highest BCUT2D eigenvalue weighted by Crippen LogP contribution is 2.19. The van der Waals surface area contributed by atoms with Gasteiger partial charge in [0.2, 0.25) is 0 Å². The van der Waals surface area contributed by atoms with E-state index < -0.39 is 0 Å². The monoisotopic (exact) mass is 352 g/mol. The van der Waals surface area contributed by atoms with Gasteiger partial charge in [-0.25, -0.2) is 4.79 Å². The number of carbonyl (C=O) groups excluding carboxylic acids is 2. The molecule has 0 spiro atoms. The number of amides is 2. The van der Waals surface area contributed by atoms with Crippen LogP contribution in [-0.2, 0) is 0 Å². The summed E-state index contributed by atoms with van der Waals surface area (Å²) in [5, 5.41) is 3.02. The van der Waals surface area contributed by atoms with E-state index in [2.05, 4.69) is 5.32 Å². The first kappa shape index (κ1) is 18.0. The molecule has 0 saturated carbocycles. The minimum atomic E-state index is -0.307. The predicted molar refractivity (Wildman–Crippen MR) is 100 cm³/mol. The lowest BCUT2D eigenvalue weighted by atomic mass is 9.97. The molecule has 1 aliphatic rings. The van der Waals surface area contributed by atoms with Gasteiger partial charge in [0, 0.05) is 25.2 Å². The van der Waals surface area contributed by atoms with Crippen LogP contribution in [0.5, 0.6) is 5.75 Å². The third kappa shape index (κ3) is 4.63. The number of hydrogen-bond acceptors (Lipinski definition) is 3. The summed E-state index contributed by atoms with van der Waals surface area (Å²) in [6.45, 7) is 3.87. The summed E-state index contributed by atoms with van der Waals surface area (Å²) in [4.78, 5) is 26.2. The Hall–Kier alpha value is -2.82. The molecule has 1 saturated heterocycles. The Morgan fingerprint density at radius 1 is 1.04 bits per heavy atom. The fourth-order valence-electron chi connectivity index (χ4n) is 3.13. The first-order valence-electron chi connectivity index (χ1n) is 8.99. The number of aryl methyl sites for hydroxylation is 1. The molecule has 5 heteroatoms. The number of para-hydroxylation sites is 1. The summed E-state index contributed by atoms with van der Waals surface area (Å²) in [5.41, 5.74) is 1.69. The zero-order valence-corrected chi connectivity index (χ0v) is 15.0. The van der Waals surface area contributed by atoms with Crippen LogP contribution in [0.25, 0.3) is 0 Å². The topological polar surface area (TPSA) is 58.6 Å². The molecule has 0 unspecified atom stereocenters. The van der Waals surface area contributed by atoms with Crippen LogP contribution in [0.15, 0.2) is 54.6 Å². The highest BCUT2D eigenvalue weighted by molar-refractivity contribution is 5.95. The molecule has 2 aromatic rings. The van der Waals surface area contributed by atoms with E-state index >= 15 is 0 Å². The number of nitrogens with one attached hydrogen (secondary N) is 1. The van der Waals surface area contributed by atoms with Gasteiger partial charge in [0.25, 0.3) is 5.91 Å². The van der Waals surface area contributed by atoms with Crippen LogP contribution >= 0.6 is 0 Å². The maximum Gasteiger partial charge on any atom is 0.415 e. The van der Waals surface area contributed by atoms with Gasteiger partial charge in [0.15, 0.2) is 0 Å². The molecule has 0 radical (unpaired) electrons. The summed E-state index contributed by atoms with van der Waals surface area (Å²) in [7, 11) is 0. The van der Waals surface area contributed by atoms with Crippen molar-refractivity contribution in [1.82, 2.24) is 10.2 Å². The average molecular weight is 352 g/mol. The fourth-order valence-corrected chi connectivity index (χ4v) is 3.13. The largest absolute Gasteiger partial charge is 0.415 e. The lowest BCUT2D eigenvalue weighted by Gasteiger charge is -2.31. The second-order valence-corrected chi connectivity index (χ2v) is 6.64. The molecule has 26 heavy (non-hydrogen) atoms. The van der Waals surface area contributed by atoms with E-state index in [1.54, 1.807) is 17.0 Å². The van der Waals surface area contributed by atoms with Gasteiger partial charge in [-0.2, -0.15) is 0 Å². The average Bonchev–Trinajstić information content (AvgIpc) is 2.67. The number of nitrogens with zero attached hydrogens (tertiary/aromatic N) is 1. The predicted octanol–water partition coefficient (Wildman–Crippen LogP) is 3.64. The van der Waals surface area contributed by atoms with Crippen LogP contribution in [0, 0.1) is 12.8 Å². The highest BCUT2D eigenvalue weighted by Gasteiger charge is 2.24. The summed E-state index contributed by atoms with van der Waals surface area (Å²) in [5.74, 6) is 0.905. The van der Waals surface area contributed by atoms with Gasteiger partial charge >= 0.3 is 6.09 Å². The van der Waals surface area contributed by atoms with E-state index in [0.29, 0.717) is 31.3 Å². The standard InChI is InChI=1S/C21H24N2O3/c1-16-7-5-6-10-19(16)20(24)22-15-17-11-13-23(14-12-17)21(25)26-18-8-3-2-4-9-18/h2-10,17H,11-15H2,1H3,(H,22,24). The van der Waals surface area contributed by atoms with E-state index in [1.807, 2.05) is 49.4 Å². The summed E-state index contributed by atoms with van der Waals surface area (Å²) in [6.07, 6.45) is 1.41. The maximum atomic E-state index is 12.3. The zero-order valence-electron chi connectivity index (χ0n) is 15.0. The minimum absolute atomic E-state index is 0.0333. The van der Waals surface area contributed by atoms with Crippen LogP contribution in [-0.4, -0.2) is 36.5 Å². The quantitative estimate of drug-likeness (QED) is 0.914. The van der Waals surface area contributed by atoms with Gasteiger partial charge in [-0.05, 0) is 49.4 Å². The first-order chi connectivity index (χ1) is 12.6. The Balaban J connectivity index is 1.43. The van der Waals surface area contributed by atoms with Crippen molar-refractivity contribution in [3.63, 3.8) is 0 Å². The fraction of sp³-hybridized carbons (Fsp3) is 0.333. The molecule has 3 rings (SSSR count). The molecule has 0 aromatic heterocycles. The Morgan fingerprint density at radius 2 is 1.69 bits per heavy atom. The molecule has 0 aliphatic carbocycles. The van der Waals surface area contributed by atoms with E-state index in [-0.39, 0.29) is 12.0 Å². The van der Waals surface area contributed by atoms with Crippen molar-refractivity contribution >= 4 is 12.0 Å². The molecule has 1 N–H and O–H groups in total. The normalized spacial score (nSPS) is 14.7. The lowest BCUT2D eigenvalue weighted by Crippen LogP contribution is -2.42. The number of benzene rings is 2. The Bertz CT molecular complexity index is 753. The SMILES string of the molecule is Cc1ccccc1C(=O)NCC1CCN(C(=O)Oc2ccccc2)CC1. The van der Waals surface area contributed by atoms with Gasteiger partial charge in [0.1, 0.15) is 5.75 Å². The number of likely N-dealkylation sites (tertiary alicyclic amines) is 1. The number of rotatable bonds is 4. The van der Waals surface area contributed by atoms with Crippen LogP contribution in [0.1, 0.15) is 28.8 Å². The zero-order chi connectivity index (χ0) is 18.4. The van der Waals surface area contributed by atoms with Crippen molar-refractivity contribution < 1.29 is 14.3 Å². The van der Waals surface area contributed by atoms with Gasteiger partial charge < -0.3 is 15.0 Å². The van der Waals surface area contributed by atoms with Crippen LogP contribution in [0.4, 0.5) is 4.79 Å². The van der Waals surface area contributed by atoms with Crippen molar-refractivity contribution in [2.45, 2.75) is 19.8 Å². The Labute approximate surface area is 154 Å². The number of piperidine rings is 1. The Morgan fingerprint density at radius 3 is 2.38 bits per heavy atom. The molecule has 136 valence electrons. The molecule has 1 aliphatic heterocycles. The summed E-state index contributed by atoms with van der Waals surface area (Å²) < 4.78 is 5.38. The van der Waals surface area contributed by atoms with Crippen molar-refractivity contribution in [3.05, 3.63) is 65.7 Å². The molecule has 5 nitrogen and oxygen atoms in total. The molecule has 1 heterocycles. The second kappa shape index (κ2) is 8.52. The smallest absolute Gasteiger partial charge is 0.410 e. The first-order valence-corrected chi connectivity index (χ1v) is 8.99. The molecular weight excluding hydrogens is 328 g/mol. The molecule has 2 amide bonds. The van der Waals surface area contributed by atoms with E-state index in [9.17, 15) is 9.59 Å². The van der Waals surface area contributed by atoms with E-state index in [0.717, 1.165) is 24.0 Å². The van der Waals surface area contributed by atoms with Crippen molar-refractivity contribution in [2.24, 2.45) is 5.92 Å². The van der Waals surface area contributed by atoms with Crippen molar-refractivity contribution in [1.29, 1.82) is 0 Å². The maximum absolute atomic E-state index is 12.3. The van der Waals surface area contributed by atoms with Gasteiger partial charge in [-0.1, -0.05) is 36.4 Å². The third-order valence-electron chi connectivity index (χ3n) is 4.76. The Kier molecular flexibility index (Phi) is 5.89. The number of hydrogen-bond donors (Lipinski definition) is 1. The van der Waals surface area contributed by atoms with Crippen molar-refractivity contribution in [2.75, 3.05) is 19.6 Å². The summed E-state index contributed by atoms with van der Waals surface area (Å²) in [6, 6.07) is 16.7. The van der Waals surface area contributed by atoms with Crippen LogP contribution < -0.4 is 10.1 Å². The number of ether oxygens (including phenoxy) is 1. The van der Waals surface area contributed by atoms with Crippen LogP contribution in [0.2, 0.25) is 0 Å². The van der Waals surface area contributed by atoms with Crippen LogP contribution in [0.3, 0.4) is 0 Å². The molecule has 2 aromatic carbocycles. The van der Waals surface area contributed by atoms with Crippen molar-refractivity contribution in [3.8, 4) is 5.75 Å². The lowest BCUT2D eigenvalue weighted by molar-refractivity contribution is 0.0931. The second-order valence-electron chi connectivity index (χ2n) is 6.64. The third-order valence-corrected chi connectivity index (χ3v) is 4.76. The molecule has 0 bridgehead atoms.